The third kappa shape index (κ3) is 3.92. The highest BCUT2D eigenvalue weighted by Gasteiger charge is 2.06. The Balaban J connectivity index is 2.74. The molecule has 1 aromatic carbocycles. The summed E-state index contributed by atoms with van der Waals surface area (Å²) in [4.78, 5) is 22.6. The second kappa shape index (κ2) is 6.14. The molecule has 5 N–H and O–H groups in total. The third-order valence-corrected chi connectivity index (χ3v) is 2.81. The van der Waals surface area contributed by atoms with Gasteiger partial charge < -0.3 is 16.8 Å². The average Bonchev–Trinajstić information content (AvgIpc) is 2.27. The second-order valence-electron chi connectivity index (χ2n) is 3.00. The molecule has 0 spiro atoms. The number of carbonyl (C=O) groups excluding carboxylic acids is 2. The number of amides is 2. The van der Waals surface area contributed by atoms with Crippen LogP contribution < -0.4 is 16.8 Å². The number of hydrogen-bond donors (Lipinski definition) is 3. The number of benzene rings is 1. The van der Waals surface area contributed by atoms with Gasteiger partial charge in [-0.15, -0.1) is 11.8 Å². The fourth-order valence-electron chi connectivity index (χ4n) is 1.05. The van der Waals surface area contributed by atoms with Gasteiger partial charge in [0.15, 0.2) is 0 Å². The highest BCUT2D eigenvalue weighted by molar-refractivity contribution is 8.00. The molecule has 16 heavy (non-hydrogen) atoms. The molecular formula is C10H13N3O2S. The van der Waals surface area contributed by atoms with E-state index in [4.69, 9.17) is 11.5 Å². The van der Waals surface area contributed by atoms with Crippen molar-refractivity contribution < 1.29 is 9.59 Å². The lowest BCUT2D eigenvalue weighted by atomic mass is 10.3. The lowest BCUT2D eigenvalue weighted by molar-refractivity contribution is -0.116. The van der Waals surface area contributed by atoms with E-state index < -0.39 is 5.91 Å². The highest BCUT2D eigenvalue weighted by Crippen LogP contribution is 2.26. The first-order valence-corrected chi connectivity index (χ1v) is 5.62. The normalized spacial score (nSPS) is 9.81. The second-order valence-corrected chi connectivity index (χ2v) is 4.02. The molecule has 0 atom stereocenters. The molecule has 0 bridgehead atoms. The maximum absolute atomic E-state index is 11.1. The van der Waals surface area contributed by atoms with Crippen molar-refractivity contribution in [1.82, 2.24) is 0 Å². The van der Waals surface area contributed by atoms with Gasteiger partial charge in [0, 0.05) is 4.90 Å². The van der Waals surface area contributed by atoms with Crippen molar-refractivity contribution in [3.8, 4) is 0 Å². The molecule has 0 saturated carbocycles. The van der Waals surface area contributed by atoms with Crippen molar-refractivity contribution in [3.63, 3.8) is 0 Å². The van der Waals surface area contributed by atoms with E-state index in [1.54, 1.807) is 18.2 Å². The first-order chi connectivity index (χ1) is 7.63. The smallest absolute Gasteiger partial charge is 0.238 e. The van der Waals surface area contributed by atoms with Gasteiger partial charge in [-0.05, 0) is 12.1 Å². The summed E-state index contributed by atoms with van der Waals surface area (Å²) >= 11 is 1.28. The van der Waals surface area contributed by atoms with E-state index in [2.05, 4.69) is 5.32 Å². The van der Waals surface area contributed by atoms with Crippen molar-refractivity contribution in [1.29, 1.82) is 0 Å². The van der Waals surface area contributed by atoms with Crippen LogP contribution in [0.3, 0.4) is 0 Å². The predicted octanol–water partition coefficient (Wildman–Crippen LogP) is 0.161. The molecule has 2 amide bonds. The van der Waals surface area contributed by atoms with Gasteiger partial charge in [0.1, 0.15) is 0 Å². The molecule has 0 saturated heterocycles. The number of carbonyl (C=O) groups is 2. The monoisotopic (exact) mass is 239 g/mol. The van der Waals surface area contributed by atoms with E-state index in [-0.39, 0.29) is 18.2 Å². The fraction of sp³-hybridized carbons (Fsp3) is 0.200. The van der Waals surface area contributed by atoms with Crippen LogP contribution in [0.15, 0.2) is 29.2 Å². The minimum absolute atomic E-state index is 0.0746. The number of primary amides is 1. The Morgan fingerprint density at radius 1 is 1.31 bits per heavy atom. The van der Waals surface area contributed by atoms with E-state index in [0.717, 1.165) is 4.90 Å². The SMILES string of the molecule is NCC(=O)Nc1ccccc1SCC(N)=O. The Hall–Kier alpha value is -1.53. The molecule has 86 valence electrons. The highest BCUT2D eigenvalue weighted by atomic mass is 32.2. The lowest BCUT2D eigenvalue weighted by Gasteiger charge is -2.08. The van der Waals surface area contributed by atoms with Crippen LogP contribution in [0.2, 0.25) is 0 Å². The molecule has 1 rings (SSSR count). The molecule has 0 radical (unpaired) electrons. The van der Waals surface area contributed by atoms with E-state index in [1.807, 2.05) is 6.07 Å². The third-order valence-electron chi connectivity index (χ3n) is 1.72. The number of hydrogen-bond acceptors (Lipinski definition) is 4. The molecule has 0 aromatic heterocycles. The number of nitrogens with two attached hydrogens (primary N) is 2. The summed E-state index contributed by atoms with van der Waals surface area (Å²) < 4.78 is 0. The van der Waals surface area contributed by atoms with E-state index in [1.165, 1.54) is 11.8 Å². The van der Waals surface area contributed by atoms with E-state index in [9.17, 15) is 9.59 Å². The summed E-state index contributed by atoms with van der Waals surface area (Å²) in [5.74, 6) is -0.493. The van der Waals surface area contributed by atoms with E-state index in [0.29, 0.717) is 5.69 Å². The zero-order valence-electron chi connectivity index (χ0n) is 8.60. The van der Waals surface area contributed by atoms with Gasteiger partial charge >= 0.3 is 0 Å². The number of para-hydroxylation sites is 1. The van der Waals surface area contributed by atoms with Gasteiger partial charge in [0.2, 0.25) is 11.8 Å². The molecule has 0 unspecified atom stereocenters. The molecule has 0 aliphatic rings. The van der Waals surface area contributed by atoms with Gasteiger partial charge in [0.25, 0.3) is 0 Å². The quantitative estimate of drug-likeness (QED) is 0.637. The van der Waals surface area contributed by atoms with Crippen LogP contribution in [-0.4, -0.2) is 24.1 Å². The first-order valence-electron chi connectivity index (χ1n) is 4.63. The minimum atomic E-state index is -0.398. The van der Waals surface area contributed by atoms with Gasteiger partial charge in [-0.2, -0.15) is 0 Å². The van der Waals surface area contributed by atoms with Crippen molar-refractivity contribution in [3.05, 3.63) is 24.3 Å². The number of thioether (sulfide) groups is 1. The van der Waals surface area contributed by atoms with Gasteiger partial charge in [-0.3, -0.25) is 9.59 Å². The predicted molar refractivity (Wildman–Crippen MR) is 64.0 cm³/mol. The fourth-order valence-corrected chi connectivity index (χ4v) is 1.79. The molecule has 0 aliphatic carbocycles. The van der Waals surface area contributed by atoms with Gasteiger partial charge in [0.05, 0.1) is 18.0 Å². The molecular weight excluding hydrogens is 226 g/mol. The number of anilines is 1. The summed E-state index contributed by atoms with van der Waals surface area (Å²) in [6.45, 7) is -0.0746. The summed E-state index contributed by atoms with van der Waals surface area (Å²) in [6, 6.07) is 7.17. The van der Waals surface area contributed by atoms with Gasteiger partial charge in [-0.1, -0.05) is 12.1 Å². The summed E-state index contributed by atoms with van der Waals surface area (Å²) in [5.41, 5.74) is 10.9. The maximum atomic E-state index is 11.1. The molecule has 1 aromatic rings. The largest absolute Gasteiger partial charge is 0.369 e. The Labute approximate surface area is 97.6 Å². The molecule has 0 heterocycles. The summed E-state index contributed by atoms with van der Waals surface area (Å²) in [6.07, 6.45) is 0. The lowest BCUT2D eigenvalue weighted by Crippen LogP contribution is -2.22. The Kier molecular flexibility index (Phi) is 4.81. The van der Waals surface area contributed by atoms with Crippen LogP contribution in [0.4, 0.5) is 5.69 Å². The van der Waals surface area contributed by atoms with Crippen molar-refractivity contribution in [2.75, 3.05) is 17.6 Å². The Morgan fingerprint density at radius 2 is 2.00 bits per heavy atom. The molecule has 0 aliphatic heterocycles. The summed E-state index contributed by atoms with van der Waals surface area (Å²) in [5, 5.41) is 2.65. The molecule has 6 heteroatoms. The maximum Gasteiger partial charge on any atom is 0.238 e. The Morgan fingerprint density at radius 3 is 2.62 bits per heavy atom. The number of nitrogens with one attached hydrogen (secondary N) is 1. The van der Waals surface area contributed by atoms with Crippen LogP contribution in [0.5, 0.6) is 0 Å². The molecule has 0 fully saturated rings. The minimum Gasteiger partial charge on any atom is -0.369 e. The van der Waals surface area contributed by atoms with Crippen LogP contribution >= 0.6 is 11.8 Å². The average molecular weight is 239 g/mol. The standard InChI is InChI=1S/C10H13N3O2S/c11-5-10(15)13-7-3-1-2-4-8(7)16-6-9(12)14/h1-4H,5-6,11H2,(H2,12,14)(H,13,15). The van der Waals surface area contributed by atoms with E-state index >= 15 is 0 Å². The summed E-state index contributed by atoms with van der Waals surface area (Å²) in [7, 11) is 0. The Bertz CT molecular complexity index is 395. The number of rotatable bonds is 5. The van der Waals surface area contributed by atoms with Crippen LogP contribution in [0.25, 0.3) is 0 Å². The van der Waals surface area contributed by atoms with Crippen molar-refractivity contribution in [2.24, 2.45) is 11.5 Å². The first kappa shape index (κ1) is 12.5. The zero-order chi connectivity index (χ0) is 12.0. The molecule has 5 nitrogen and oxygen atoms in total. The zero-order valence-corrected chi connectivity index (χ0v) is 9.42. The van der Waals surface area contributed by atoms with Crippen molar-refractivity contribution in [2.45, 2.75) is 4.90 Å². The van der Waals surface area contributed by atoms with Crippen LogP contribution in [0, 0.1) is 0 Å². The van der Waals surface area contributed by atoms with Crippen LogP contribution in [0.1, 0.15) is 0 Å². The van der Waals surface area contributed by atoms with Gasteiger partial charge in [-0.25, -0.2) is 0 Å². The van der Waals surface area contributed by atoms with Crippen LogP contribution in [-0.2, 0) is 9.59 Å². The van der Waals surface area contributed by atoms with Crippen molar-refractivity contribution >= 4 is 29.3 Å². The topological polar surface area (TPSA) is 98.2 Å².